The van der Waals surface area contributed by atoms with Crippen LogP contribution in [0.4, 0.5) is 8.78 Å². The Bertz CT molecular complexity index is 1010. The van der Waals surface area contributed by atoms with E-state index < -0.39 is 6.08 Å². The van der Waals surface area contributed by atoms with Crippen molar-refractivity contribution in [2.75, 3.05) is 0 Å². The molecule has 0 saturated heterocycles. The number of hydrogen-bond acceptors (Lipinski definition) is 1. The topological polar surface area (TPSA) is 29.1 Å². The van der Waals surface area contributed by atoms with Crippen LogP contribution in [0.3, 0.4) is 0 Å². The third kappa shape index (κ3) is 5.76. The van der Waals surface area contributed by atoms with Gasteiger partial charge in [-0.1, -0.05) is 80.8 Å². The van der Waals surface area contributed by atoms with Crippen LogP contribution in [-0.2, 0) is 0 Å². The van der Waals surface area contributed by atoms with Crippen LogP contribution in [0.1, 0.15) is 54.9 Å². The number of fused-ring (bicyclic) bond motifs is 1. The van der Waals surface area contributed by atoms with E-state index >= 15 is 0 Å². The average molecular weight is 408 g/mol. The number of halogens is 2. The number of nitrogens with one attached hydrogen (secondary N) is 1. The van der Waals surface area contributed by atoms with E-state index in [2.05, 4.69) is 12.2 Å². The molecule has 0 spiro atoms. The molecule has 0 fully saturated rings. The van der Waals surface area contributed by atoms with Crippen molar-refractivity contribution in [2.24, 2.45) is 0 Å². The van der Waals surface area contributed by atoms with Gasteiger partial charge in [-0.3, -0.25) is 4.79 Å². The molecule has 156 valence electrons. The molecule has 2 nitrogen and oxygen atoms in total. The molecule has 0 aliphatic heterocycles. The van der Waals surface area contributed by atoms with Crippen LogP contribution in [0.2, 0.25) is 0 Å². The highest BCUT2D eigenvalue weighted by atomic mass is 19.3. The molecule has 0 bridgehead atoms. The fraction of sp³-hybridized carbons (Fsp3) is 0.269. The molecule has 0 aromatic heterocycles. The molecular formula is C26H27F2NO. The minimum atomic E-state index is -1.69. The molecule has 0 heterocycles. The molecule has 0 aliphatic carbocycles. The molecule has 3 aromatic rings. The first-order chi connectivity index (χ1) is 14.6. The maximum atomic E-state index is 14.0. The van der Waals surface area contributed by atoms with Crippen LogP contribution in [-0.4, -0.2) is 11.9 Å². The Labute approximate surface area is 176 Å². The molecule has 3 rings (SSSR count). The maximum Gasteiger partial charge on any atom is 0.274 e. The number of carbonyl (C=O) groups excluding carboxylic acids is 1. The van der Waals surface area contributed by atoms with Crippen LogP contribution in [0.5, 0.6) is 0 Å². The third-order valence-corrected chi connectivity index (χ3v) is 5.30. The summed E-state index contributed by atoms with van der Waals surface area (Å²) < 4.78 is 27.9. The lowest BCUT2D eigenvalue weighted by Gasteiger charge is -2.20. The number of carbonyl (C=O) groups is 1. The molecule has 3 aromatic carbocycles. The van der Waals surface area contributed by atoms with Crippen LogP contribution in [0, 0.1) is 0 Å². The molecule has 0 radical (unpaired) electrons. The molecular weight excluding hydrogens is 380 g/mol. The molecule has 1 N–H and O–H groups in total. The fourth-order valence-electron chi connectivity index (χ4n) is 3.65. The van der Waals surface area contributed by atoms with E-state index in [0.717, 1.165) is 30.0 Å². The van der Waals surface area contributed by atoms with Crippen molar-refractivity contribution >= 4 is 22.3 Å². The van der Waals surface area contributed by atoms with Gasteiger partial charge in [0.15, 0.2) is 0 Å². The summed E-state index contributed by atoms with van der Waals surface area (Å²) in [5.41, 5.74) is 1.04. The van der Waals surface area contributed by atoms with E-state index in [9.17, 15) is 13.6 Å². The van der Waals surface area contributed by atoms with E-state index in [-0.39, 0.29) is 23.9 Å². The quantitative estimate of drug-likeness (QED) is 0.373. The summed E-state index contributed by atoms with van der Waals surface area (Å²) in [6.45, 7) is 2.10. The lowest BCUT2D eigenvalue weighted by molar-refractivity contribution is 0.0935. The van der Waals surface area contributed by atoms with E-state index in [0.29, 0.717) is 17.5 Å². The Balaban J connectivity index is 1.83. The van der Waals surface area contributed by atoms with Crippen LogP contribution in [0.15, 0.2) is 78.9 Å². The minimum Gasteiger partial charge on any atom is -0.349 e. The second-order valence-corrected chi connectivity index (χ2v) is 7.54. The summed E-state index contributed by atoms with van der Waals surface area (Å²) in [6.07, 6.45) is 1.99. The predicted octanol–water partition coefficient (Wildman–Crippen LogP) is 7.22. The summed E-state index contributed by atoms with van der Waals surface area (Å²) in [4.78, 5) is 12.6. The Morgan fingerprint density at radius 1 is 0.867 bits per heavy atom. The van der Waals surface area contributed by atoms with Gasteiger partial charge in [0.25, 0.3) is 12.0 Å². The van der Waals surface area contributed by atoms with Gasteiger partial charge in [0.05, 0.1) is 0 Å². The Kier molecular flexibility index (Phi) is 7.72. The zero-order valence-electron chi connectivity index (χ0n) is 17.2. The van der Waals surface area contributed by atoms with Gasteiger partial charge in [-0.2, -0.15) is 8.78 Å². The highest BCUT2D eigenvalue weighted by molar-refractivity contribution is 5.94. The van der Waals surface area contributed by atoms with E-state index in [1.165, 1.54) is 0 Å². The normalized spacial score (nSPS) is 11.8. The van der Waals surface area contributed by atoms with Crippen LogP contribution in [0.25, 0.3) is 16.3 Å². The van der Waals surface area contributed by atoms with E-state index in [1.54, 1.807) is 36.4 Å². The van der Waals surface area contributed by atoms with E-state index in [1.807, 2.05) is 36.4 Å². The Hall–Kier alpha value is -3.01. The Morgan fingerprint density at radius 2 is 1.57 bits per heavy atom. The summed E-state index contributed by atoms with van der Waals surface area (Å²) in [7, 11) is 0. The Morgan fingerprint density at radius 3 is 2.27 bits per heavy atom. The highest BCUT2D eigenvalue weighted by Gasteiger charge is 2.19. The predicted molar refractivity (Wildman–Crippen MR) is 120 cm³/mol. The van der Waals surface area contributed by atoms with Crippen molar-refractivity contribution in [3.05, 3.63) is 90.0 Å². The second kappa shape index (κ2) is 10.7. The number of benzene rings is 3. The number of rotatable bonds is 9. The van der Waals surface area contributed by atoms with Crippen molar-refractivity contribution in [3.8, 4) is 0 Å². The SMILES string of the molecule is CCCCCC(CC(=C(F)F)c1ccc2ccccc2c1)NC(=O)c1ccccc1. The van der Waals surface area contributed by atoms with Crippen molar-refractivity contribution in [1.29, 1.82) is 0 Å². The van der Waals surface area contributed by atoms with Crippen molar-refractivity contribution in [3.63, 3.8) is 0 Å². The van der Waals surface area contributed by atoms with Gasteiger partial charge in [0.1, 0.15) is 0 Å². The maximum absolute atomic E-state index is 14.0. The van der Waals surface area contributed by atoms with Crippen molar-refractivity contribution in [2.45, 2.75) is 45.1 Å². The van der Waals surface area contributed by atoms with E-state index in [4.69, 9.17) is 0 Å². The first kappa shape index (κ1) is 21.7. The monoisotopic (exact) mass is 407 g/mol. The minimum absolute atomic E-state index is 0.00406. The van der Waals surface area contributed by atoms with Gasteiger partial charge in [-0.15, -0.1) is 0 Å². The summed E-state index contributed by atoms with van der Waals surface area (Å²) in [6, 6.07) is 21.6. The third-order valence-electron chi connectivity index (χ3n) is 5.30. The highest BCUT2D eigenvalue weighted by Crippen LogP contribution is 2.29. The smallest absolute Gasteiger partial charge is 0.274 e. The van der Waals surface area contributed by atoms with Crippen LogP contribution >= 0.6 is 0 Å². The van der Waals surface area contributed by atoms with Crippen molar-refractivity contribution < 1.29 is 13.6 Å². The van der Waals surface area contributed by atoms with Gasteiger partial charge >= 0.3 is 0 Å². The summed E-state index contributed by atoms with van der Waals surface area (Å²) in [5, 5.41) is 4.91. The van der Waals surface area contributed by atoms with Gasteiger partial charge in [-0.25, -0.2) is 0 Å². The van der Waals surface area contributed by atoms with Gasteiger partial charge in [0.2, 0.25) is 0 Å². The number of unbranched alkanes of at least 4 members (excludes halogenated alkanes) is 2. The zero-order valence-corrected chi connectivity index (χ0v) is 17.2. The van der Waals surface area contributed by atoms with Crippen molar-refractivity contribution in [1.82, 2.24) is 5.32 Å². The zero-order chi connectivity index (χ0) is 21.3. The molecule has 0 saturated carbocycles. The molecule has 0 aliphatic rings. The molecule has 1 atom stereocenters. The number of hydrogen-bond donors (Lipinski definition) is 1. The largest absolute Gasteiger partial charge is 0.349 e. The first-order valence-electron chi connectivity index (χ1n) is 10.5. The second-order valence-electron chi connectivity index (χ2n) is 7.54. The summed E-state index contributed by atoms with van der Waals surface area (Å²) >= 11 is 0. The van der Waals surface area contributed by atoms with Gasteiger partial charge in [-0.05, 0) is 47.4 Å². The molecule has 1 amide bonds. The lowest BCUT2D eigenvalue weighted by atomic mass is 9.94. The fourth-order valence-corrected chi connectivity index (χ4v) is 3.65. The number of amides is 1. The van der Waals surface area contributed by atoms with Crippen LogP contribution < -0.4 is 5.32 Å². The molecule has 1 unspecified atom stereocenters. The first-order valence-corrected chi connectivity index (χ1v) is 10.5. The lowest BCUT2D eigenvalue weighted by Crippen LogP contribution is -2.35. The van der Waals surface area contributed by atoms with Gasteiger partial charge in [0, 0.05) is 17.2 Å². The molecule has 30 heavy (non-hydrogen) atoms. The summed E-state index contributed by atoms with van der Waals surface area (Å²) in [5.74, 6) is -0.228. The standard InChI is InChI=1S/C26H27F2NO/c1-2-3-5-14-23(29-26(30)20-11-6-4-7-12-20)18-24(25(27)28)22-16-15-19-10-8-9-13-21(19)17-22/h4,6-13,15-17,23H,2-3,5,14,18H2,1H3,(H,29,30). The van der Waals surface area contributed by atoms with Gasteiger partial charge < -0.3 is 5.32 Å². The molecule has 4 heteroatoms. The average Bonchev–Trinajstić information content (AvgIpc) is 2.77.